The smallest absolute Gasteiger partial charge is 0.253 e. The first-order valence-electron chi connectivity index (χ1n) is 13.4. The summed E-state index contributed by atoms with van der Waals surface area (Å²) in [5, 5.41) is 13.8. The topological polar surface area (TPSA) is 98.2 Å². The number of hydrogen-bond acceptors (Lipinski definition) is 7. The van der Waals surface area contributed by atoms with Crippen molar-refractivity contribution in [1.29, 1.82) is 0 Å². The van der Waals surface area contributed by atoms with Crippen LogP contribution in [0.4, 0.5) is 0 Å². The van der Waals surface area contributed by atoms with Crippen molar-refractivity contribution >= 4 is 10.9 Å². The van der Waals surface area contributed by atoms with Crippen LogP contribution in [0.2, 0.25) is 0 Å². The third-order valence-corrected chi connectivity index (χ3v) is 7.16. The molecule has 9 nitrogen and oxygen atoms in total. The maximum absolute atomic E-state index is 13.8. The number of benzene rings is 3. The molecule has 2 aromatic heterocycles. The number of ether oxygens (including phenoxy) is 2. The zero-order chi connectivity index (χ0) is 27.7. The molecule has 0 fully saturated rings. The van der Waals surface area contributed by atoms with Crippen molar-refractivity contribution in [3.8, 4) is 11.5 Å². The first-order valence-corrected chi connectivity index (χ1v) is 13.4. The van der Waals surface area contributed by atoms with Gasteiger partial charge in [-0.1, -0.05) is 60.7 Å². The third-order valence-electron chi connectivity index (χ3n) is 7.16. The van der Waals surface area contributed by atoms with Crippen molar-refractivity contribution < 1.29 is 9.47 Å². The van der Waals surface area contributed by atoms with Crippen molar-refractivity contribution in [2.75, 3.05) is 13.3 Å². The summed E-state index contributed by atoms with van der Waals surface area (Å²) in [5.74, 6) is 1.89. The molecule has 0 bridgehead atoms. The van der Waals surface area contributed by atoms with Gasteiger partial charge in [0.05, 0.1) is 11.1 Å². The zero-order valence-corrected chi connectivity index (χ0v) is 22.9. The molecule has 5 aromatic rings. The van der Waals surface area contributed by atoms with Crippen molar-refractivity contribution in [1.82, 2.24) is 30.1 Å². The molecule has 0 aliphatic carbocycles. The van der Waals surface area contributed by atoms with Gasteiger partial charge in [0.15, 0.2) is 17.3 Å². The fourth-order valence-corrected chi connectivity index (χ4v) is 5.19. The summed E-state index contributed by atoms with van der Waals surface area (Å²) in [7, 11) is 0. The number of aromatic amines is 1. The highest BCUT2D eigenvalue weighted by Crippen LogP contribution is 2.37. The Hall–Kier alpha value is -4.50. The highest BCUT2D eigenvalue weighted by Gasteiger charge is 2.33. The lowest BCUT2D eigenvalue weighted by Crippen LogP contribution is -2.38. The average Bonchev–Trinajstić information content (AvgIpc) is 3.62. The summed E-state index contributed by atoms with van der Waals surface area (Å²) < 4.78 is 13.0. The quantitative estimate of drug-likeness (QED) is 0.303. The molecule has 0 saturated heterocycles. The minimum atomic E-state index is -0.517. The number of H-pyrrole nitrogens is 1. The van der Waals surface area contributed by atoms with E-state index < -0.39 is 11.6 Å². The summed E-state index contributed by atoms with van der Waals surface area (Å²) >= 11 is 0. The van der Waals surface area contributed by atoms with Crippen molar-refractivity contribution in [2.45, 2.75) is 45.3 Å². The largest absolute Gasteiger partial charge is 0.454 e. The van der Waals surface area contributed by atoms with E-state index in [0.717, 1.165) is 17.4 Å². The molecule has 1 N–H and O–H groups in total. The normalized spacial score (nSPS) is 13.7. The molecule has 0 spiro atoms. The number of nitrogens with zero attached hydrogens (tertiary/aromatic N) is 5. The van der Waals surface area contributed by atoms with Gasteiger partial charge in [0.25, 0.3) is 5.56 Å². The van der Waals surface area contributed by atoms with Gasteiger partial charge in [0, 0.05) is 30.1 Å². The van der Waals surface area contributed by atoms with Crippen LogP contribution in [-0.2, 0) is 18.5 Å². The van der Waals surface area contributed by atoms with E-state index in [0.29, 0.717) is 41.5 Å². The van der Waals surface area contributed by atoms with Crippen molar-refractivity contribution in [3.05, 3.63) is 112 Å². The van der Waals surface area contributed by atoms with Crippen LogP contribution in [0.3, 0.4) is 0 Å². The van der Waals surface area contributed by atoms with Crippen LogP contribution in [0.15, 0.2) is 83.7 Å². The molecular weight excluding hydrogens is 504 g/mol. The first kappa shape index (κ1) is 25.8. The molecule has 0 saturated carbocycles. The van der Waals surface area contributed by atoms with E-state index in [9.17, 15) is 4.79 Å². The number of hydrogen-bond donors (Lipinski definition) is 1. The van der Waals surface area contributed by atoms with Crippen LogP contribution >= 0.6 is 0 Å². The number of tetrazole rings is 1. The maximum Gasteiger partial charge on any atom is 0.253 e. The number of fused-ring (bicyclic) bond motifs is 2. The monoisotopic (exact) mass is 536 g/mol. The Bertz CT molecular complexity index is 1670. The zero-order valence-electron chi connectivity index (χ0n) is 22.9. The molecular formula is C31H32N6O3. The van der Waals surface area contributed by atoms with Gasteiger partial charge in [-0.25, -0.2) is 4.68 Å². The molecule has 3 heterocycles. The van der Waals surface area contributed by atoms with E-state index in [1.54, 1.807) is 0 Å². The highest BCUT2D eigenvalue weighted by molar-refractivity contribution is 5.83. The molecule has 0 amide bonds. The predicted octanol–water partition coefficient (Wildman–Crippen LogP) is 4.83. The van der Waals surface area contributed by atoms with Gasteiger partial charge in [-0.2, -0.15) is 0 Å². The van der Waals surface area contributed by atoms with Crippen LogP contribution in [0.25, 0.3) is 10.9 Å². The summed E-state index contributed by atoms with van der Waals surface area (Å²) in [6.45, 7) is 7.62. The second kappa shape index (κ2) is 10.6. The standard InChI is InChI=1S/C31H32N6O3/c1-31(2,3)37-29(33-34-35-37)28(24-16-23-17-26-27(40-20-39-26)18-25(23)32-30(24)38)36(19-22-12-8-5-9-13-22)15-14-21-10-6-4-7-11-21/h4-13,16-18,28H,14-15,19-20H2,1-3H3,(H,32,38)/t28-/m0/s1. The Morgan fingerprint density at radius 2 is 1.62 bits per heavy atom. The molecule has 3 aromatic carbocycles. The fraction of sp³-hybridized carbons (Fsp3) is 0.290. The molecule has 1 atom stereocenters. The van der Waals surface area contributed by atoms with Gasteiger partial charge in [0.2, 0.25) is 6.79 Å². The lowest BCUT2D eigenvalue weighted by Gasteiger charge is -2.33. The van der Waals surface area contributed by atoms with Crippen LogP contribution in [0.1, 0.15) is 49.3 Å². The Balaban J connectivity index is 1.51. The molecule has 0 radical (unpaired) electrons. The Kier molecular flexibility index (Phi) is 6.81. The second-order valence-electron chi connectivity index (χ2n) is 11.1. The van der Waals surface area contributed by atoms with Gasteiger partial charge in [-0.05, 0) is 60.9 Å². The number of aromatic nitrogens is 5. The Labute approximate surface area is 232 Å². The fourth-order valence-electron chi connectivity index (χ4n) is 5.19. The summed E-state index contributed by atoms with van der Waals surface area (Å²) in [4.78, 5) is 19.2. The van der Waals surface area contributed by atoms with E-state index in [1.807, 2.05) is 59.3 Å². The van der Waals surface area contributed by atoms with Crippen LogP contribution in [-0.4, -0.2) is 43.4 Å². The lowest BCUT2D eigenvalue weighted by molar-refractivity contribution is 0.174. The van der Waals surface area contributed by atoms with Gasteiger partial charge >= 0.3 is 0 Å². The number of nitrogens with one attached hydrogen (secondary N) is 1. The SMILES string of the molecule is CC(C)(C)n1nnnc1[C@H](c1cc2cc3c(cc2[nH]c1=O)OCO3)N(CCc1ccccc1)Cc1ccccc1. The minimum absolute atomic E-state index is 0.163. The first-order chi connectivity index (χ1) is 19.4. The van der Waals surface area contributed by atoms with E-state index in [-0.39, 0.29) is 12.4 Å². The Morgan fingerprint density at radius 3 is 2.33 bits per heavy atom. The van der Waals surface area contributed by atoms with E-state index in [1.165, 1.54) is 5.56 Å². The minimum Gasteiger partial charge on any atom is -0.454 e. The Morgan fingerprint density at radius 1 is 0.950 bits per heavy atom. The lowest BCUT2D eigenvalue weighted by atomic mass is 10.00. The maximum atomic E-state index is 13.8. The molecule has 1 aliphatic rings. The van der Waals surface area contributed by atoms with Crippen molar-refractivity contribution in [2.24, 2.45) is 0 Å². The molecule has 6 rings (SSSR count). The summed E-state index contributed by atoms with van der Waals surface area (Å²) in [6, 6.07) is 25.8. The second-order valence-corrected chi connectivity index (χ2v) is 11.1. The number of rotatable bonds is 8. The van der Waals surface area contributed by atoms with E-state index >= 15 is 0 Å². The van der Waals surface area contributed by atoms with Gasteiger partial charge in [0.1, 0.15) is 6.04 Å². The molecule has 1 aliphatic heterocycles. The number of pyridine rings is 1. The van der Waals surface area contributed by atoms with Gasteiger partial charge < -0.3 is 14.5 Å². The van der Waals surface area contributed by atoms with Crippen LogP contribution in [0, 0.1) is 0 Å². The average molecular weight is 537 g/mol. The summed E-state index contributed by atoms with van der Waals surface area (Å²) in [6.07, 6.45) is 0.797. The predicted molar refractivity (Wildman–Crippen MR) is 152 cm³/mol. The van der Waals surface area contributed by atoms with Crippen LogP contribution in [0.5, 0.6) is 11.5 Å². The molecule has 0 unspecified atom stereocenters. The van der Waals surface area contributed by atoms with Gasteiger partial charge in [-0.3, -0.25) is 9.69 Å². The molecule has 9 heteroatoms. The highest BCUT2D eigenvalue weighted by atomic mass is 16.7. The van der Waals surface area contributed by atoms with E-state index in [2.05, 4.69) is 70.4 Å². The summed E-state index contributed by atoms with van der Waals surface area (Å²) in [5.41, 5.74) is 3.01. The van der Waals surface area contributed by atoms with Gasteiger partial charge in [-0.15, -0.1) is 5.10 Å². The van der Waals surface area contributed by atoms with Crippen LogP contribution < -0.4 is 15.0 Å². The third kappa shape index (κ3) is 5.20. The van der Waals surface area contributed by atoms with Crippen molar-refractivity contribution in [3.63, 3.8) is 0 Å². The molecule has 40 heavy (non-hydrogen) atoms. The van der Waals surface area contributed by atoms with E-state index in [4.69, 9.17) is 9.47 Å². The molecule has 204 valence electrons.